The Hall–Kier alpha value is -2.77. The zero-order valence-electron chi connectivity index (χ0n) is 11.4. The SMILES string of the molecule is COc1ccc(-c2nccc(C(N)=O)c2N)cc1C(F)(F)F. The van der Waals surface area contributed by atoms with Crippen LogP contribution in [0.25, 0.3) is 11.3 Å². The van der Waals surface area contributed by atoms with Gasteiger partial charge in [-0.05, 0) is 24.3 Å². The number of carbonyl (C=O) groups is 1. The molecule has 0 spiro atoms. The third-order valence-corrected chi connectivity index (χ3v) is 3.03. The number of hydrogen-bond acceptors (Lipinski definition) is 4. The molecule has 2 rings (SSSR count). The fraction of sp³-hybridized carbons (Fsp3) is 0.143. The van der Waals surface area contributed by atoms with E-state index in [9.17, 15) is 18.0 Å². The predicted octanol–water partition coefficient (Wildman–Crippen LogP) is 2.46. The first-order chi connectivity index (χ1) is 10.3. The first kappa shape index (κ1) is 15.6. The second kappa shape index (κ2) is 5.55. The number of anilines is 1. The zero-order valence-corrected chi connectivity index (χ0v) is 11.4. The highest BCUT2D eigenvalue weighted by molar-refractivity contribution is 6.00. The first-order valence-corrected chi connectivity index (χ1v) is 6.05. The van der Waals surface area contributed by atoms with Crippen LogP contribution in [0.3, 0.4) is 0 Å². The van der Waals surface area contributed by atoms with Gasteiger partial charge in [0.25, 0.3) is 5.91 Å². The molecule has 22 heavy (non-hydrogen) atoms. The molecule has 8 heteroatoms. The summed E-state index contributed by atoms with van der Waals surface area (Å²) in [6.45, 7) is 0. The van der Waals surface area contributed by atoms with Crippen LogP contribution in [0, 0.1) is 0 Å². The van der Waals surface area contributed by atoms with Crippen LogP contribution in [0.5, 0.6) is 5.75 Å². The molecular formula is C14H12F3N3O2. The normalized spacial score (nSPS) is 11.3. The van der Waals surface area contributed by atoms with E-state index in [2.05, 4.69) is 4.98 Å². The number of nitrogen functional groups attached to an aromatic ring is 1. The number of pyridine rings is 1. The van der Waals surface area contributed by atoms with E-state index in [-0.39, 0.29) is 28.3 Å². The lowest BCUT2D eigenvalue weighted by Crippen LogP contribution is -2.14. The molecule has 0 radical (unpaired) electrons. The summed E-state index contributed by atoms with van der Waals surface area (Å²) in [7, 11) is 1.14. The Bertz CT molecular complexity index is 730. The molecule has 0 saturated heterocycles. The topological polar surface area (TPSA) is 91.2 Å². The Labute approximate surface area is 123 Å². The number of ether oxygens (including phenoxy) is 1. The van der Waals surface area contributed by atoms with Crippen LogP contribution in [0.15, 0.2) is 30.5 Å². The van der Waals surface area contributed by atoms with Gasteiger partial charge >= 0.3 is 6.18 Å². The summed E-state index contributed by atoms with van der Waals surface area (Å²) in [4.78, 5) is 15.2. The van der Waals surface area contributed by atoms with E-state index >= 15 is 0 Å². The van der Waals surface area contributed by atoms with E-state index in [1.54, 1.807) is 0 Å². The molecule has 0 aliphatic carbocycles. The van der Waals surface area contributed by atoms with Crippen molar-refractivity contribution in [2.24, 2.45) is 5.73 Å². The number of benzene rings is 1. The first-order valence-electron chi connectivity index (χ1n) is 6.05. The summed E-state index contributed by atoms with van der Waals surface area (Å²) < 4.78 is 43.8. The van der Waals surface area contributed by atoms with Crippen LogP contribution in [-0.4, -0.2) is 18.0 Å². The van der Waals surface area contributed by atoms with Crippen LogP contribution >= 0.6 is 0 Å². The fourth-order valence-corrected chi connectivity index (χ4v) is 1.99. The number of nitrogens with zero attached hydrogens (tertiary/aromatic N) is 1. The number of nitrogens with two attached hydrogens (primary N) is 2. The maximum atomic E-state index is 13.0. The van der Waals surface area contributed by atoms with Gasteiger partial charge in [0.1, 0.15) is 5.75 Å². The lowest BCUT2D eigenvalue weighted by molar-refractivity contribution is -0.138. The average Bonchev–Trinajstić information content (AvgIpc) is 2.45. The quantitative estimate of drug-likeness (QED) is 0.911. The van der Waals surface area contributed by atoms with Crippen molar-refractivity contribution in [3.8, 4) is 17.0 Å². The van der Waals surface area contributed by atoms with Gasteiger partial charge < -0.3 is 16.2 Å². The number of aromatic nitrogens is 1. The van der Waals surface area contributed by atoms with Crippen molar-refractivity contribution >= 4 is 11.6 Å². The molecule has 0 atom stereocenters. The molecule has 0 unspecified atom stereocenters. The molecule has 1 aromatic carbocycles. The van der Waals surface area contributed by atoms with Crippen LogP contribution in [-0.2, 0) is 6.18 Å². The number of primary amides is 1. The summed E-state index contributed by atoms with van der Waals surface area (Å²) >= 11 is 0. The molecule has 1 aromatic heterocycles. The second-order valence-electron chi connectivity index (χ2n) is 4.40. The lowest BCUT2D eigenvalue weighted by atomic mass is 10.0. The Morgan fingerprint density at radius 1 is 1.27 bits per heavy atom. The van der Waals surface area contributed by atoms with Gasteiger partial charge in [-0.15, -0.1) is 0 Å². The van der Waals surface area contributed by atoms with E-state index in [0.29, 0.717) is 0 Å². The molecule has 1 amide bonds. The maximum absolute atomic E-state index is 13.0. The van der Waals surface area contributed by atoms with Gasteiger partial charge in [0.15, 0.2) is 0 Å². The Kier molecular flexibility index (Phi) is 3.94. The van der Waals surface area contributed by atoms with E-state index in [4.69, 9.17) is 16.2 Å². The third-order valence-electron chi connectivity index (χ3n) is 3.03. The van der Waals surface area contributed by atoms with Gasteiger partial charge in [0.2, 0.25) is 0 Å². The molecular weight excluding hydrogens is 299 g/mol. The number of carbonyl (C=O) groups excluding carboxylic acids is 1. The van der Waals surface area contributed by atoms with Crippen LogP contribution in [0.4, 0.5) is 18.9 Å². The van der Waals surface area contributed by atoms with Crippen molar-refractivity contribution in [1.82, 2.24) is 4.98 Å². The number of rotatable bonds is 3. The standard InChI is InChI=1S/C14H12F3N3O2/c1-22-10-3-2-7(6-9(10)14(15,16)17)12-11(18)8(13(19)21)4-5-20-12/h2-6H,18H2,1H3,(H2,19,21). The van der Waals surface area contributed by atoms with Crippen LogP contribution in [0.1, 0.15) is 15.9 Å². The third kappa shape index (κ3) is 2.80. The highest BCUT2D eigenvalue weighted by atomic mass is 19.4. The lowest BCUT2D eigenvalue weighted by Gasteiger charge is -2.14. The largest absolute Gasteiger partial charge is 0.496 e. The minimum atomic E-state index is -4.60. The molecule has 0 saturated carbocycles. The molecule has 0 aliphatic rings. The van der Waals surface area contributed by atoms with Crippen molar-refractivity contribution in [1.29, 1.82) is 0 Å². The molecule has 0 bridgehead atoms. The van der Waals surface area contributed by atoms with Crippen molar-refractivity contribution in [2.45, 2.75) is 6.18 Å². The predicted molar refractivity (Wildman–Crippen MR) is 74.2 cm³/mol. The van der Waals surface area contributed by atoms with Crippen molar-refractivity contribution in [2.75, 3.05) is 12.8 Å². The number of amides is 1. The second-order valence-corrected chi connectivity index (χ2v) is 4.40. The van der Waals surface area contributed by atoms with Gasteiger partial charge in [0.05, 0.1) is 29.6 Å². The van der Waals surface area contributed by atoms with Crippen LogP contribution in [0.2, 0.25) is 0 Å². The zero-order chi connectivity index (χ0) is 16.5. The summed E-state index contributed by atoms with van der Waals surface area (Å²) in [6.07, 6.45) is -3.35. The van der Waals surface area contributed by atoms with Gasteiger partial charge in [0, 0.05) is 11.8 Å². The number of alkyl halides is 3. The molecule has 4 N–H and O–H groups in total. The Balaban J connectivity index is 2.64. The molecule has 116 valence electrons. The summed E-state index contributed by atoms with van der Waals surface area (Å²) in [6, 6.07) is 4.70. The van der Waals surface area contributed by atoms with E-state index < -0.39 is 17.6 Å². The van der Waals surface area contributed by atoms with Crippen molar-refractivity contribution in [3.63, 3.8) is 0 Å². The Morgan fingerprint density at radius 2 is 1.95 bits per heavy atom. The van der Waals surface area contributed by atoms with Gasteiger partial charge in [-0.3, -0.25) is 9.78 Å². The van der Waals surface area contributed by atoms with Gasteiger partial charge in [-0.1, -0.05) is 0 Å². The van der Waals surface area contributed by atoms with E-state index in [1.165, 1.54) is 18.3 Å². The van der Waals surface area contributed by atoms with Gasteiger partial charge in [-0.25, -0.2) is 0 Å². The molecule has 0 aliphatic heterocycles. The number of methoxy groups -OCH3 is 1. The highest BCUT2D eigenvalue weighted by Gasteiger charge is 2.34. The van der Waals surface area contributed by atoms with Crippen molar-refractivity contribution in [3.05, 3.63) is 41.6 Å². The maximum Gasteiger partial charge on any atom is 0.419 e. The minimum Gasteiger partial charge on any atom is -0.496 e. The van der Waals surface area contributed by atoms with Gasteiger partial charge in [-0.2, -0.15) is 13.2 Å². The van der Waals surface area contributed by atoms with E-state index in [1.807, 2.05) is 0 Å². The minimum absolute atomic E-state index is 0.00521. The molecule has 0 fully saturated rings. The highest BCUT2D eigenvalue weighted by Crippen LogP contribution is 2.39. The van der Waals surface area contributed by atoms with Crippen LogP contribution < -0.4 is 16.2 Å². The smallest absolute Gasteiger partial charge is 0.419 e. The fourth-order valence-electron chi connectivity index (χ4n) is 1.99. The monoisotopic (exact) mass is 311 g/mol. The van der Waals surface area contributed by atoms with E-state index in [0.717, 1.165) is 19.2 Å². The summed E-state index contributed by atoms with van der Waals surface area (Å²) in [5, 5.41) is 0. The Morgan fingerprint density at radius 3 is 2.50 bits per heavy atom. The summed E-state index contributed by atoms with van der Waals surface area (Å²) in [5.41, 5.74) is 10.0. The molecule has 5 nitrogen and oxygen atoms in total. The average molecular weight is 311 g/mol. The number of hydrogen-bond donors (Lipinski definition) is 2. The van der Waals surface area contributed by atoms with Crippen molar-refractivity contribution < 1.29 is 22.7 Å². The number of halogens is 3. The molecule has 2 aromatic rings. The molecule has 1 heterocycles. The summed E-state index contributed by atoms with van der Waals surface area (Å²) in [5.74, 6) is -1.11.